The average molecular weight is 397 g/mol. The van der Waals surface area contributed by atoms with Crippen molar-refractivity contribution in [1.82, 2.24) is 9.97 Å². The van der Waals surface area contributed by atoms with Gasteiger partial charge in [0.05, 0.1) is 24.5 Å². The second kappa shape index (κ2) is 6.74. The van der Waals surface area contributed by atoms with Gasteiger partial charge in [-0.2, -0.15) is 18.4 Å². The number of anilines is 2. The summed E-state index contributed by atoms with van der Waals surface area (Å²) in [7, 11) is 0. The molecule has 1 fully saturated rings. The van der Waals surface area contributed by atoms with E-state index in [9.17, 15) is 23.2 Å². The van der Waals surface area contributed by atoms with E-state index in [0.717, 1.165) is 16.4 Å². The van der Waals surface area contributed by atoms with Crippen LogP contribution in [0.15, 0.2) is 48.8 Å². The van der Waals surface area contributed by atoms with Crippen LogP contribution < -0.4 is 9.80 Å². The van der Waals surface area contributed by atoms with E-state index in [2.05, 4.69) is 16.0 Å². The number of benzene rings is 1. The first-order chi connectivity index (χ1) is 13.8. The van der Waals surface area contributed by atoms with Crippen LogP contribution in [0.4, 0.5) is 29.5 Å². The van der Waals surface area contributed by atoms with Crippen molar-refractivity contribution in [2.45, 2.75) is 19.1 Å². The molecule has 0 radical (unpaired) electrons. The van der Waals surface area contributed by atoms with E-state index in [1.165, 1.54) is 17.2 Å². The van der Waals surface area contributed by atoms with Crippen molar-refractivity contribution < 1.29 is 18.0 Å². The number of aromatic nitrogens is 2. The van der Waals surface area contributed by atoms with Gasteiger partial charge in [0.2, 0.25) is 0 Å². The van der Waals surface area contributed by atoms with Crippen LogP contribution in [0.3, 0.4) is 0 Å². The number of aryl methyl sites for hydroxylation is 1. The molecule has 146 valence electrons. The number of alkyl halides is 3. The van der Waals surface area contributed by atoms with Gasteiger partial charge in [-0.3, -0.25) is 14.8 Å². The summed E-state index contributed by atoms with van der Waals surface area (Å²) in [6.07, 6.45) is -1.53. The standard InChI is InChI=1S/C20H14F3N5O/c1-12-6-7-17(20(21,22)23)26-18(12)27-11-14(8-24)28(19(27)29)16-10-25-9-13-4-2-3-5-15(13)16/h2-7,9-10,14H,11H2,1H3. The molecule has 1 atom stereocenters. The first kappa shape index (κ1) is 18.7. The number of pyridine rings is 2. The number of urea groups is 1. The Kier molecular flexibility index (Phi) is 4.34. The molecule has 6 nitrogen and oxygen atoms in total. The Hall–Kier alpha value is -3.67. The maximum atomic E-state index is 13.2. The Morgan fingerprint density at radius 1 is 1.17 bits per heavy atom. The first-order valence-corrected chi connectivity index (χ1v) is 8.69. The molecular formula is C20H14F3N5O. The van der Waals surface area contributed by atoms with Crippen LogP contribution in [-0.4, -0.2) is 28.6 Å². The van der Waals surface area contributed by atoms with E-state index < -0.39 is 23.9 Å². The van der Waals surface area contributed by atoms with Gasteiger partial charge < -0.3 is 0 Å². The zero-order valence-corrected chi connectivity index (χ0v) is 15.2. The number of carbonyl (C=O) groups is 1. The molecule has 1 unspecified atom stereocenters. The Labute approximate surface area is 163 Å². The van der Waals surface area contributed by atoms with Crippen LogP contribution in [0.5, 0.6) is 0 Å². The second-order valence-corrected chi connectivity index (χ2v) is 6.62. The number of rotatable bonds is 2. The number of fused-ring (bicyclic) bond motifs is 1. The summed E-state index contributed by atoms with van der Waals surface area (Å²) in [5.74, 6) is -0.110. The largest absolute Gasteiger partial charge is 0.433 e. The van der Waals surface area contributed by atoms with Crippen molar-refractivity contribution in [1.29, 1.82) is 5.26 Å². The summed E-state index contributed by atoms with van der Waals surface area (Å²) in [5, 5.41) is 11.1. The highest BCUT2D eigenvalue weighted by atomic mass is 19.4. The number of nitriles is 1. The highest BCUT2D eigenvalue weighted by Gasteiger charge is 2.42. The van der Waals surface area contributed by atoms with E-state index in [1.54, 1.807) is 25.3 Å². The minimum absolute atomic E-state index is 0.103. The number of carbonyl (C=O) groups excluding carboxylic acids is 1. The number of hydrogen-bond acceptors (Lipinski definition) is 4. The van der Waals surface area contributed by atoms with Gasteiger partial charge >= 0.3 is 12.2 Å². The molecule has 1 saturated heterocycles. The molecule has 4 rings (SSSR count). The van der Waals surface area contributed by atoms with Crippen LogP contribution in [0.25, 0.3) is 10.8 Å². The van der Waals surface area contributed by atoms with Gasteiger partial charge in [0.1, 0.15) is 17.6 Å². The smallest absolute Gasteiger partial charge is 0.275 e. The van der Waals surface area contributed by atoms with Crippen molar-refractivity contribution in [3.63, 3.8) is 0 Å². The maximum Gasteiger partial charge on any atom is 0.433 e. The van der Waals surface area contributed by atoms with E-state index in [0.29, 0.717) is 16.6 Å². The fourth-order valence-corrected chi connectivity index (χ4v) is 3.38. The molecule has 0 N–H and O–H groups in total. The van der Waals surface area contributed by atoms with Gasteiger partial charge in [0.15, 0.2) is 0 Å². The Morgan fingerprint density at radius 2 is 1.93 bits per heavy atom. The molecule has 0 bridgehead atoms. The van der Waals surface area contributed by atoms with Crippen LogP contribution in [0.1, 0.15) is 11.3 Å². The molecule has 1 aliphatic heterocycles. The van der Waals surface area contributed by atoms with Gasteiger partial charge in [0, 0.05) is 17.0 Å². The predicted molar refractivity (Wildman–Crippen MR) is 100 cm³/mol. The quantitative estimate of drug-likeness (QED) is 0.646. The lowest BCUT2D eigenvalue weighted by molar-refractivity contribution is -0.141. The second-order valence-electron chi connectivity index (χ2n) is 6.62. The lowest BCUT2D eigenvalue weighted by Crippen LogP contribution is -2.35. The molecular weight excluding hydrogens is 383 g/mol. The molecule has 9 heteroatoms. The summed E-state index contributed by atoms with van der Waals surface area (Å²) in [5.41, 5.74) is -0.266. The molecule has 3 aromatic rings. The van der Waals surface area contributed by atoms with Gasteiger partial charge in [-0.15, -0.1) is 0 Å². The van der Waals surface area contributed by atoms with Gasteiger partial charge in [-0.1, -0.05) is 30.3 Å². The third kappa shape index (κ3) is 3.12. The van der Waals surface area contributed by atoms with E-state index in [4.69, 9.17) is 0 Å². The molecule has 1 aliphatic rings. The zero-order chi connectivity index (χ0) is 20.8. The van der Waals surface area contributed by atoms with E-state index in [-0.39, 0.29) is 12.4 Å². The highest BCUT2D eigenvalue weighted by molar-refractivity contribution is 6.11. The molecule has 2 aromatic heterocycles. The zero-order valence-electron chi connectivity index (χ0n) is 15.2. The summed E-state index contributed by atoms with van der Waals surface area (Å²) in [6, 6.07) is 9.91. The van der Waals surface area contributed by atoms with Crippen molar-refractivity contribution in [3.8, 4) is 6.07 Å². The lowest BCUT2D eigenvalue weighted by Gasteiger charge is -2.21. The normalized spacial score (nSPS) is 17.1. The van der Waals surface area contributed by atoms with Crippen LogP contribution in [0, 0.1) is 18.3 Å². The number of amides is 2. The number of hydrogen-bond donors (Lipinski definition) is 0. The summed E-state index contributed by atoms with van der Waals surface area (Å²) in [6.45, 7) is 1.47. The lowest BCUT2D eigenvalue weighted by atomic mass is 10.1. The molecule has 0 spiro atoms. The predicted octanol–water partition coefficient (Wildman–Crippen LogP) is 4.30. The molecule has 2 amide bonds. The van der Waals surface area contributed by atoms with E-state index in [1.807, 2.05) is 12.1 Å². The topological polar surface area (TPSA) is 73.1 Å². The molecule has 0 saturated carbocycles. The minimum atomic E-state index is -4.64. The maximum absolute atomic E-state index is 13.2. The van der Waals surface area contributed by atoms with Crippen molar-refractivity contribution in [2.75, 3.05) is 16.3 Å². The van der Waals surface area contributed by atoms with Crippen LogP contribution in [-0.2, 0) is 6.18 Å². The average Bonchev–Trinajstić information content (AvgIpc) is 3.03. The monoisotopic (exact) mass is 397 g/mol. The van der Waals surface area contributed by atoms with Gasteiger partial charge in [0.25, 0.3) is 0 Å². The van der Waals surface area contributed by atoms with Crippen molar-refractivity contribution in [2.24, 2.45) is 0 Å². The van der Waals surface area contributed by atoms with Gasteiger partial charge in [-0.25, -0.2) is 9.78 Å². The summed E-state index contributed by atoms with van der Waals surface area (Å²) < 4.78 is 39.3. The molecule has 1 aromatic carbocycles. The van der Waals surface area contributed by atoms with Crippen LogP contribution in [0.2, 0.25) is 0 Å². The fraction of sp³-hybridized carbons (Fsp3) is 0.200. The third-order valence-corrected chi connectivity index (χ3v) is 4.78. The van der Waals surface area contributed by atoms with E-state index >= 15 is 0 Å². The third-order valence-electron chi connectivity index (χ3n) is 4.78. The van der Waals surface area contributed by atoms with Gasteiger partial charge in [-0.05, 0) is 18.6 Å². The fourth-order valence-electron chi connectivity index (χ4n) is 3.38. The number of halogens is 3. The Bertz CT molecular complexity index is 1150. The minimum Gasteiger partial charge on any atom is -0.275 e. The SMILES string of the molecule is Cc1ccc(C(F)(F)F)nc1N1CC(C#N)N(c2cncc3ccccc23)C1=O. The summed E-state index contributed by atoms with van der Waals surface area (Å²) in [4.78, 5) is 23.4. The summed E-state index contributed by atoms with van der Waals surface area (Å²) >= 11 is 0. The molecule has 0 aliphatic carbocycles. The Morgan fingerprint density at radius 3 is 2.66 bits per heavy atom. The number of nitrogens with zero attached hydrogens (tertiary/aromatic N) is 5. The van der Waals surface area contributed by atoms with Crippen molar-refractivity contribution >= 4 is 28.3 Å². The first-order valence-electron chi connectivity index (χ1n) is 8.69. The Balaban J connectivity index is 1.81. The van der Waals surface area contributed by atoms with Crippen LogP contribution >= 0.6 is 0 Å². The molecule has 3 heterocycles. The highest BCUT2D eigenvalue weighted by Crippen LogP contribution is 2.35. The molecule has 29 heavy (non-hydrogen) atoms. The van der Waals surface area contributed by atoms with Crippen molar-refractivity contribution in [3.05, 3.63) is 60.0 Å².